The van der Waals surface area contributed by atoms with Crippen LogP contribution in [0.1, 0.15) is 20.3 Å². The Morgan fingerprint density at radius 3 is 2.40 bits per heavy atom. The summed E-state index contributed by atoms with van der Waals surface area (Å²) in [5.41, 5.74) is 2.93. The van der Waals surface area contributed by atoms with Crippen LogP contribution in [0.15, 0.2) is 0 Å². The van der Waals surface area contributed by atoms with E-state index in [4.69, 9.17) is 0 Å². The van der Waals surface area contributed by atoms with Crippen LogP contribution >= 0.6 is 24.0 Å². The Bertz CT molecular complexity index is 80.1. The molecule has 0 unspecified atom stereocenters. The zero-order chi connectivity index (χ0) is 7.11. The molecule has 3 nitrogen and oxygen atoms in total. The quantitative estimate of drug-likeness (QED) is 0.453. The number of halogens is 1. The van der Waals surface area contributed by atoms with Crippen molar-refractivity contribution in [3.8, 4) is 0 Å². The summed E-state index contributed by atoms with van der Waals surface area (Å²) >= 11 is 0. The number of hydrogen-bond acceptors (Lipinski definition) is 2. The first-order valence-corrected chi connectivity index (χ1v) is 3.30. The lowest BCUT2D eigenvalue weighted by atomic mass is 10.5. The smallest absolute Gasteiger partial charge is 0.223 e. The first-order valence-electron chi connectivity index (χ1n) is 3.30. The summed E-state index contributed by atoms with van der Waals surface area (Å²) in [4.78, 5) is 10.1. The Morgan fingerprint density at radius 2 is 2.10 bits per heavy atom. The van der Waals surface area contributed by atoms with Crippen LogP contribution in [-0.2, 0) is 4.79 Å². The van der Waals surface area contributed by atoms with Gasteiger partial charge < -0.3 is 0 Å². The van der Waals surface area contributed by atoms with E-state index in [-0.39, 0.29) is 24.0 Å². The summed E-state index contributed by atoms with van der Waals surface area (Å²) in [7, 11) is 0. The predicted molar refractivity (Wildman–Crippen MR) is 52.2 cm³/mol. The van der Waals surface area contributed by atoms with E-state index >= 15 is 0 Å². The molecule has 0 radical (unpaired) electrons. The van der Waals surface area contributed by atoms with Gasteiger partial charge in [-0.1, -0.05) is 6.92 Å². The Morgan fingerprint density at radius 1 is 1.50 bits per heavy atom. The van der Waals surface area contributed by atoms with Crippen LogP contribution in [0.5, 0.6) is 0 Å². The fourth-order valence-electron chi connectivity index (χ4n) is 0.479. The van der Waals surface area contributed by atoms with Gasteiger partial charge in [-0.2, -0.15) is 0 Å². The molecule has 0 bridgehead atoms. The standard InChI is InChI=1S/C6H14N2O.HI/c1-3-5-7-8(4-2)6-9;/h6-7H,3-5H2,1-2H3;1H. The van der Waals surface area contributed by atoms with E-state index in [1.54, 1.807) is 0 Å². The number of carbonyl (C=O) groups excluding carboxylic acids is 1. The van der Waals surface area contributed by atoms with E-state index in [1.807, 2.05) is 6.92 Å². The molecule has 10 heavy (non-hydrogen) atoms. The highest BCUT2D eigenvalue weighted by molar-refractivity contribution is 14.0. The van der Waals surface area contributed by atoms with Gasteiger partial charge in [-0.05, 0) is 13.3 Å². The van der Waals surface area contributed by atoms with Gasteiger partial charge in [0, 0.05) is 13.1 Å². The monoisotopic (exact) mass is 258 g/mol. The van der Waals surface area contributed by atoms with Crippen molar-refractivity contribution in [2.75, 3.05) is 13.1 Å². The zero-order valence-electron chi connectivity index (χ0n) is 6.46. The highest BCUT2D eigenvalue weighted by atomic mass is 127. The number of nitrogens with one attached hydrogen (secondary N) is 1. The summed E-state index contributed by atoms with van der Waals surface area (Å²) in [5, 5.41) is 1.53. The summed E-state index contributed by atoms with van der Waals surface area (Å²) in [6, 6.07) is 0. The summed E-state index contributed by atoms with van der Waals surface area (Å²) in [5.74, 6) is 0. The molecule has 0 atom stereocenters. The van der Waals surface area contributed by atoms with Crippen molar-refractivity contribution in [1.82, 2.24) is 10.4 Å². The number of rotatable bonds is 5. The molecule has 0 spiro atoms. The lowest BCUT2D eigenvalue weighted by Crippen LogP contribution is -2.36. The van der Waals surface area contributed by atoms with E-state index in [2.05, 4.69) is 12.3 Å². The number of amides is 1. The maximum Gasteiger partial charge on any atom is 0.223 e. The first kappa shape index (κ1) is 12.8. The molecule has 0 saturated heterocycles. The van der Waals surface area contributed by atoms with Gasteiger partial charge in [0.05, 0.1) is 0 Å². The van der Waals surface area contributed by atoms with Gasteiger partial charge >= 0.3 is 0 Å². The van der Waals surface area contributed by atoms with E-state index in [9.17, 15) is 4.79 Å². The Hall–Kier alpha value is 0.160. The first-order chi connectivity index (χ1) is 4.35. The van der Waals surface area contributed by atoms with Crippen molar-refractivity contribution in [3.05, 3.63) is 0 Å². The normalized spacial score (nSPS) is 8.20. The van der Waals surface area contributed by atoms with Gasteiger partial charge in [-0.3, -0.25) is 9.80 Å². The molecule has 0 aromatic rings. The molecule has 0 aromatic carbocycles. The van der Waals surface area contributed by atoms with Crippen molar-refractivity contribution < 1.29 is 4.79 Å². The number of hydrazine groups is 1. The van der Waals surface area contributed by atoms with Gasteiger partial charge in [0.25, 0.3) is 0 Å². The largest absolute Gasteiger partial charge is 0.281 e. The van der Waals surface area contributed by atoms with Crippen LogP contribution < -0.4 is 5.43 Å². The lowest BCUT2D eigenvalue weighted by Gasteiger charge is -2.14. The third kappa shape index (κ3) is 6.28. The Balaban J connectivity index is 0. The predicted octanol–water partition coefficient (Wildman–Crippen LogP) is 0.997. The van der Waals surface area contributed by atoms with E-state index in [0.29, 0.717) is 0 Å². The molecule has 62 valence electrons. The minimum Gasteiger partial charge on any atom is -0.281 e. The number of hydrogen-bond donors (Lipinski definition) is 1. The SMILES string of the molecule is CCCNN(C=O)CC.I. The molecule has 0 aliphatic carbocycles. The molecule has 0 aliphatic rings. The van der Waals surface area contributed by atoms with Crippen LogP contribution in [0.3, 0.4) is 0 Å². The van der Waals surface area contributed by atoms with Crippen molar-refractivity contribution >= 4 is 30.4 Å². The minimum atomic E-state index is 0. The molecule has 1 amide bonds. The van der Waals surface area contributed by atoms with Crippen molar-refractivity contribution in [2.45, 2.75) is 20.3 Å². The molecule has 0 aromatic heterocycles. The van der Waals surface area contributed by atoms with Crippen molar-refractivity contribution in [2.24, 2.45) is 0 Å². The Labute approximate surface area is 79.1 Å². The summed E-state index contributed by atoms with van der Waals surface area (Å²) in [6.07, 6.45) is 1.85. The second-order valence-electron chi connectivity index (χ2n) is 1.80. The highest BCUT2D eigenvalue weighted by Crippen LogP contribution is 1.75. The maximum atomic E-state index is 10.1. The van der Waals surface area contributed by atoms with Gasteiger partial charge in [0.1, 0.15) is 0 Å². The molecule has 0 heterocycles. The molecule has 0 rings (SSSR count). The van der Waals surface area contributed by atoms with Crippen LogP contribution in [0, 0.1) is 0 Å². The van der Waals surface area contributed by atoms with E-state index < -0.39 is 0 Å². The average molecular weight is 258 g/mol. The molecule has 0 saturated carbocycles. The van der Waals surface area contributed by atoms with Crippen LogP contribution in [0.4, 0.5) is 0 Å². The van der Waals surface area contributed by atoms with Gasteiger partial charge in [-0.15, -0.1) is 24.0 Å². The second-order valence-corrected chi connectivity index (χ2v) is 1.80. The summed E-state index contributed by atoms with van der Waals surface area (Å²) in [6.45, 7) is 5.58. The summed E-state index contributed by atoms with van der Waals surface area (Å²) < 4.78 is 0. The fraction of sp³-hybridized carbons (Fsp3) is 0.833. The van der Waals surface area contributed by atoms with Gasteiger partial charge in [0.15, 0.2) is 0 Å². The van der Waals surface area contributed by atoms with Crippen LogP contribution in [0.2, 0.25) is 0 Å². The number of nitrogens with zero attached hydrogens (tertiary/aromatic N) is 1. The molecule has 1 N–H and O–H groups in total. The molecule has 0 aliphatic heterocycles. The van der Waals surface area contributed by atoms with Gasteiger partial charge in [0.2, 0.25) is 6.41 Å². The maximum absolute atomic E-state index is 10.1. The molecular formula is C6H15IN2O. The van der Waals surface area contributed by atoms with Gasteiger partial charge in [-0.25, -0.2) is 5.43 Å². The number of carbonyl (C=O) groups is 1. The molecular weight excluding hydrogens is 243 g/mol. The van der Waals surface area contributed by atoms with Crippen molar-refractivity contribution in [1.29, 1.82) is 0 Å². The fourth-order valence-corrected chi connectivity index (χ4v) is 0.479. The Kier molecular flexibility index (Phi) is 11.7. The third-order valence-electron chi connectivity index (χ3n) is 1.03. The average Bonchev–Trinajstić information content (AvgIpc) is 1.91. The molecule has 0 fully saturated rings. The van der Waals surface area contributed by atoms with E-state index in [0.717, 1.165) is 25.9 Å². The zero-order valence-corrected chi connectivity index (χ0v) is 8.79. The van der Waals surface area contributed by atoms with Crippen LogP contribution in [-0.4, -0.2) is 24.5 Å². The topological polar surface area (TPSA) is 32.3 Å². The van der Waals surface area contributed by atoms with E-state index in [1.165, 1.54) is 5.01 Å². The minimum absolute atomic E-state index is 0. The lowest BCUT2D eigenvalue weighted by molar-refractivity contribution is -0.120. The highest BCUT2D eigenvalue weighted by Gasteiger charge is 1.91. The van der Waals surface area contributed by atoms with Crippen LogP contribution in [0.25, 0.3) is 0 Å². The second kappa shape index (κ2) is 9.16. The van der Waals surface area contributed by atoms with Crippen molar-refractivity contribution in [3.63, 3.8) is 0 Å². The third-order valence-corrected chi connectivity index (χ3v) is 1.03. The molecule has 4 heteroatoms.